The molecule has 0 amide bonds. The van der Waals surface area contributed by atoms with E-state index in [0.717, 1.165) is 17.8 Å². The van der Waals surface area contributed by atoms with Gasteiger partial charge in [-0.15, -0.1) is 0 Å². The van der Waals surface area contributed by atoms with Crippen LogP contribution in [0.2, 0.25) is 5.15 Å². The van der Waals surface area contributed by atoms with Gasteiger partial charge in [-0.2, -0.15) is 5.26 Å². The zero-order valence-corrected chi connectivity index (χ0v) is 15.8. The third-order valence-corrected chi connectivity index (χ3v) is 6.57. The molecule has 4 nitrogen and oxygen atoms in total. The number of rotatable bonds is 4. The standard InChI is InChI=1S/C21H24ClN3O/c1-15-18(22)25(13-16-7-8-16)19(24-15)21(26)11-9-20(14-23,10-12-21)17-5-3-2-4-6-17/h2-6,16,26H,7-13H2,1H3/t20-,21+. The first kappa shape index (κ1) is 17.6. The van der Waals surface area contributed by atoms with Crippen LogP contribution in [0.3, 0.4) is 0 Å². The molecule has 2 aliphatic rings. The maximum Gasteiger partial charge on any atom is 0.142 e. The molecule has 4 rings (SSSR count). The van der Waals surface area contributed by atoms with E-state index in [0.29, 0.717) is 42.6 Å². The summed E-state index contributed by atoms with van der Waals surface area (Å²) in [4.78, 5) is 4.63. The molecule has 2 aliphatic carbocycles. The topological polar surface area (TPSA) is 61.8 Å². The maximum atomic E-state index is 11.4. The lowest BCUT2D eigenvalue weighted by Crippen LogP contribution is -2.40. The van der Waals surface area contributed by atoms with Gasteiger partial charge in [0.05, 0.1) is 17.2 Å². The first-order chi connectivity index (χ1) is 12.5. The molecular weight excluding hydrogens is 346 g/mol. The molecule has 1 aromatic carbocycles. The summed E-state index contributed by atoms with van der Waals surface area (Å²) in [5.41, 5.74) is 0.276. The summed E-state index contributed by atoms with van der Waals surface area (Å²) < 4.78 is 2.01. The maximum absolute atomic E-state index is 11.4. The van der Waals surface area contributed by atoms with Gasteiger partial charge < -0.3 is 9.67 Å². The first-order valence-electron chi connectivity index (χ1n) is 9.40. The third-order valence-electron chi connectivity index (χ3n) is 6.09. The van der Waals surface area contributed by atoms with Gasteiger partial charge in [0.2, 0.25) is 0 Å². The average Bonchev–Trinajstić information content (AvgIpc) is 3.44. The van der Waals surface area contributed by atoms with Gasteiger partial charge in [-0.3, -0.25) is 0 Å². The highest BCUT2D eigenvalue weighted by molar-refractivity contribution is 6.30. The fourth-order valence-electron chi connectivity index (χ4n) is 4.17. The lowest BCUT2D eigenvalue weighted by Gasteiger charge is -2.40. The van der Waals surface area contributed by atoms with Crippen molar-refractivity contribution in [2.24, 2.45) is 5.92 Å². The van der Waals surface area contributed by atoms with E-state index in [4.69, 9.17) is 11.6 Å². The van der Waals surface area contributed by atoms with Crippen molar-refractivity contribution in [2.75, 3.05) is 0 Å². The zero-order valence-electron chi connectivity index (χ0n) is 15.1. The second-order valence-corrected chi connectivity index (χ2v) is 8.32. The Bertz CT molecular complexity index is 840. The Morgan fingerprint density at radius 1 is 1.23 bits per heavy atom. The molecule has 1 heterocycles. The minimum atomic E-state index is -1.01. The summed E-state index contributed by atoms with van der Waals surface area (Å²) >= 11 is 6.48. The second-order valence-electron chi connectivity index (χ2n) is 7.96. The molecular formula is C21H24ClN3O. The quantitative estimate of drug-likeness (QED) is 0.864. The number of hydrogen-bond donors (Lipinski definition) is 1. The van der Waals surface area contributed by atoms with Crippen molar-refractivity contribution in [3.05, 3.63) is 52.6 Å². The van der Waals surface area contributed by atoms with E-state index >= 15 is 0 Å². The van der Waals surface area contributed by atoms with Crippen LogP contribution in [0.25, 0.3) is 0 Å². The lowest BCUT2D eigenvalue weighted by atomic mass is 9.66. The summed E-state index contributed by atoms with van der Waals surface area (Å²) in [5, 5.41) is 21.9. The van der Waals surface area contributed by atoms with Gasteiger partial charge in [0, 0.05) is 6.54 Å². The van der Waals surface area contributed by atoms with Gasteiger partial charge >= 0.3 is 0 Å². The molecule has 0 saturated heterocycles. The molecule has 0 unspecified atom stereocenters. The van der Waals surface area contributed by atoms with Crippen LogP contribution in [0.1, 0.15) is 55.6 Å². The normalized spacial score (nSPS) is 28.7. The van der Waals surface area contributed by atoms with E-state index in [9.17, 15) is 10.4 Å². The number of nitrogens with zero attached hydrogens (tertiary/aromatic N) is 3. The smallest absolute Gasteiger partial charge is 0.142 e. The highest BCUT2D eigenvalue weighted by Crippen LogP contribution is 2.47. The van der Waals surface area contributed by atoms with Crippen LogP contribution >= 0.6 is 11.6 Å². The summed E-state index contributed by atoms with van der Waals surface area (Å²) in [7, 11) is 0. The van der Waals surface area contributed by atoms with Gasteiger partial charge in [0.1, 0.15) is 16.6 Å². The molecule has 0 atom stereocenters. The number of benzene rings is 1. The summed E-state index contributed by atoms with van der Waals surface area (Å²) in [5.74, 6) is 1.33. The largest absolute Gasteiger partial charge is 0.382 e. The fourth-order valence-corrected chi connectivity index (χ4v) is 4.36. The number of imidazole rings is 1. The van der Waals surface area contributed by atoms with Crippen LogP contribution in [-0.4, -0.2) is 14.7 Å². The van der Waals surface area contributed by atoms with Gasteiger partial charge in [0.15, 0.2) is 0 Å². The van der Waals surface area contributed by atoms with E-state index in [2.05, 4.69) is 11.1 Å². The van der Waals surface area contributed by atoms with Crippen LogP contribution < -0.4 is 0 Å². The molecule has 2 saturated carbocycles. The van der Waals surface area contributed by atoms with E-state index in [1.807, 2.05) is 41.8 Å². The van der Waals surface area contributed by atoms with Crippen LogP contribution in [-0.2, 0) is 17.6 Å². The van der Waals surface area contributed by atoms with Crippen LogP contribution in [0.5, 0.6) is 0 Å². The van der Waals surface area contributed by atoms with Crippen molar-refractivity contribution < 1.29 is 5.11 Å². The van der Waals surface area contributed by atoms with E-state index in [-0.39, 0.29) is 0 Å². The number of hydrogen-bond acceptors (Lipinski definition) is 3. The molecule has 0 radical (unpaired) electrons. The Morgan fingerprint density at radius 3 is 2.46 bits per heavy atom. The fraction of sp³-hybridized carbons (Fsp3) is 0.524. The summed E-state index contributed by atoms with van der Waals surface area (Å²) in [6, 6.07) is 12.5. The molecule has 0 spiro atoms. The second kappa shape index (κ2) is 6.40. The predicted octanol–water partition coefficient (Wildman–Crippen LogP) is 4.48. The SMILES string of the molecule is Cc1nc([C@]2(O)CC[C@@](C#N)(c3ccccc3)CC2)n(CC2CC2)c1Cl. The van der Waals surface area contributed by atoms with Crippen molar-refractivity contribution in [3.8, 4) is 6.07 Å². The Kier molecular flexibility index (Phi) is 4.33. The predicted molar refractivity (Wildman–Crippen MR) is 101 cm³/mol. The average molecular weight is 370 g/mol. The summed E-state index contributed by atoms with van der Waals surface area (Å²) in [6.07, 6.45) is 4.72. The molecule has 1 N–H and O–H groups in total. The van der Waals surface area contributed by atoms with Gasteiger partial charge in [0.25, 0.3) is 0 Å². The number of halogens is 1. The van der Waals surface area contributed by atoms with Crippen molar-refractivity contribution in [2.45, 2.75) is 63.0 Å². The molecule has 5 heteroatoms. The zero-order chi connectivity index (χ0) is 18.4. The molecule has 0 bridgehead atoms. The van der Waals surface area contributed by atoms with Crippen molar-refractivity contribution in [1.82, 2.24) is 9.55 Å². The minimum Gasteiger partial charge on any atom is -0.382 e. The number of nitriles is 1. The minimum absolute atomic E-state index is 0.521. The van der Waals surface area contributed by atoms with E-state index in [1.165, 1.54) is 12.8 Å². The molecule has 0 aliphatic heterocycles. The number of aliphatic hydroxyl groups is 1. The van der Waals surface area contributed by atoms with Gasteiger partial charge in [-0.1, -0.05) is 41.9 Å². The van der Waals surface area contributed by atoms with E-state index < -0.39 is 11.0 Å². The lowest BCUT2D eigenvalue weighted by molar-refractivity contribution is -0.0245. The van der Waals surface area contributed by atoms with Crippen LogP contribution in [0.4, 0.5) is 0 Å². The molecule has 2 aromatic rings. The summed E-state index contributed by atoms with van der Waals surface area (Å²) in [6.45, 7) is 2.73. The Labute approximate surface area is 159 Å². The van der Waals surface area contributed by atoms with Crippen molar-refractivity contribution in [3.63, 3.8) is 0 Å². The Hall–Kier alpha value is -1.83. The number of aryl methyl sites for hydroxylation is 1. The van der Waals surface area contributed by atoms with Gasteiger partial charge in [-0.05, 0) is 56.9 Å². The molecule has 1 aromatic heterocycles. The highest BCUT2D eigenvalue weighted by atomic mass is 35.5. The van der Waals surface area contributed by atoms with Crippen molar-refractivity contribution >= 4 is 11.6 Å². The van der Waals surface area contributed by atoms with Gasteiger partial charge in [-0.25, -0.2) is 4.98 Å². The monoisotopic (exact) mass is 369 g/mol. The number of aromatic nitrogens is 2. The third kappa shape index (κ3) is 2.94. The van der Waals surface area contributed by atoms with E-state index in [1.54, 1.807) is 0 Å². The highest BCUT2D eigenvalue weighted by Gasteiger charge is 2.46. The Balaban J connectivity index is 1.62. The molecule has 136 valence electrons. The van der Waals surface area contributed by atoms with Crippen LogP contribution in [0, 0.1) is 24.2 Å². The van der Waals surface area contributed by atoms with Crippen molar-refractivity contribution in [1.29, 1.82) is 5.26 Å². The molecule has 2 fully saturated rings. The first-order valence-corrected chi connectivity index (χ1v) is 9.77. The Morgan fingerprint density at radius 2 is 1.88 bits per heavy atom. The molecule has 26 heavy (non-hydrogen) atoms. The van der Waals surface area contributed by atoms with Crippen LogP contribution in [0.15, 0.2) is 30.3 Å².